The SMILES string of the molecule is O=P1(c2ccccc2)c2ccccc2-n2c(-c3cc(-c4ccc5ccccc5c4)cc(-c4ccc5ccccc5c4)c3)nc3cccc1c32. The average molecular weight is 645 g/mol. The first-order chi connectivity index (χ1) is 24.1. The predicted octanol–water partition coefficient (Wildman–Crippen LogP) is 10.3. The standard InChI is InChI=1S/C45H29N2OP/c48-49(39-15-2-1-3-16-39)42-19-9-8-18-41(42)47-44-40(17-10-20-43(44)49)46-45(47)38-28-36(34-23-21-30-11-4-6-13-32(30)25-34)27-37(29-38)35-24-22-31-12-5-7-14-33(31)26-35/h1-29H. The Kier molecular flexibility index (Phi) is 6.15. The van der Waals surface area contributed by atoms with Gasteiger partial charge in [0.25, 0.3) is 0 Å². The van der Waals surface area contributed by atoms with E-state index >= 15 is 4.57 Å². The number of nitrogens with zero attached hydrogens (tertiary/aromatic N) is 2. The monoisotopic (exact) mass is 644 g/mol. The highest BCUT2D eigenvalue weighted by Gasteiger charge is 2.39. The summed E-state index contributed by atoms with van der Waals surface area (Å²) in [5.74, 6) is 0.832. The molecule has 0 saturated carbocycles. The zero-order chi connectivity index (χ0) is 32.5. The number of fused-ring (bicyclic) bond motifs is 4. The fraction of sp³-hybridized carbons (Fsp3) is 0. The van der Waals surface area contributed by atoms with Crippen LogP contribution in [-0.4, -0.2) is 9.55 Å². The van der Waals surface area contributed by atoms with Crippen LogP contribution < -0.4 is 15.9 Å². The summed E-state index contributed by atoms with van der Waals surface area (Å²) in [6, 6.07) is 61.3. The number of hydrogen-bond acceptors (Lipinski definition) is 2. The Hall–Kier alpha value is -6.02. The Morgan fingerprint density at radius 2 is 0.980 bits per heavy atom. The van der Waals surface area contributed by atoms with Crippen LogP contribution in [0.1, 0.15) is 0 Å². The van der Waals surface area contributed by atoms with Gasteiger partial charge in [0.15, 0.2) is 7.14 Å². The summed E-state index contributed by atoms with van der Waals surface area (Å²) < 4.78 is 17.7. The van der Waals surface area contributed by atoms with Gasteiger partial charge < -0.3 is 4.57 Å². The molecule has 230 valence electrons. The van der Waals surface area contributed by atoms with Gasteiger partial charge in [-0.15, -0.1) is 0 Å². The molecule has 0 bridgehead atoms. The first-order valence-corrected chi connectivity index (χ1v) is 18.3. The van der Waals surface area contributed by atoms with Gasteiger partial charge in [0.1, 0.15) is 5.82 Å². The van der Waals surface area contributed by atoms with E-state index in [-0.39, 0.29) is 0 Å². The lowest BCUT2D eigenvalue weighted by Crippen LogP contribution is -2.32. The molecule has 1 aliphatic rings. The number of imidazole rings is 1. The molecule has 49 heavy (non-hydrogen) atoms. The minimum absolute atomic E-state index is 0.828. The molecule has 1 atom stereocenters. The van der Waals surface area contributed by atoms with Crippen molar-refractivity contribution in [1.82, 2.24) is 9.55 Å². The molecule has 8 aromatic carbocycles. The predicted molar refractivity (Wildman–Crippen MR) is 205 cm³/mol. The molecule has 1 aliphatic heterocycles. The molecular weight excluding hydrogens is 615 g/mol. The van der Waals surface area contributed by atoms with Crippen molar-refractivity contribution in [3.63, 3.8) is 0 Å². The van der Waals surface area contributed by atoms with Crippen LogP contribution in [0.4, 0.5) is 0 Å². The van der Waals surface area contributed by atoms with E-state index in [1.807, 2.05) is 66.7 Å². The first kappa shape index (κ1) is 28.0. The van der Waals surface area contributed by atoms with E-state index in [9.17, 15) is 0 Å². The van der Waals surface area contributed by atoms with Crippen molar-refractivity contribution in [2.24, 2.45) is 0 Å². The Balaban J connectivity index is 1.26. The minimum atomic E-state index is -3.16. The molecule has 0 N–H and O–H groups in total. The summed E-state index contributed by atoms with van der Waals surface area (Å²) in [6.45, 7) is 0. The second kappa shape index (κ2) is 10.8. The molecule has 0 spiro atoms. The lowest BCUT2D eigenvalue weighted by molar-refractivity contribution is 0.592. The van der Waals surface area contributed by atoms with Gasteiger partial charge in [-0.1, -0.05) is 121 Å². The summed E-state index contributed by atoms with van der Waals surface area (Å²) in [6.07, 6.45) is 0. The molecule has 10 rings (SSSR count). The smallest absolute Gasteiger partial charge is 0.175 e. The van der Waals surface area contributed by atoms with Crippen molar-refractivity contribution in [2.45, 2.75) is 0 Å². The quantitative estimate of drug-likeness (QED) is 0.179. The van der Waals surface area contributed by atoms with E-state index in [0.29, 0.717) is 0 Å². The Bertz CT molecular complexity index is 2720. The third-order valence-electron chi connectivity index (χ3n) is 9.93. The zero-order valence-corrected chi connectivity index (χ0v) is 27.4. The summed E-state index contributed by atoms with van der Waals surface area (Å²) >= 11 is 0. The normalized spacial score (nSPS) is 15.1. The molecule has 0 radical (unpaired) electrons. The Labute approximate surface area is 284 Å². The highest BCUT2D eigenvalue weighted by Crippen LogP contribution is 2.50. The fourth-order valence-electron chi connectivity index (χ4n) is 7.58. The summed E-state index contributed by atoms with van der Waals surface area (Å²) in [7, 11) is -3.16. The molecule has 0 fully saturated rings. The molecule has 4 heteroatoms. The van der Waals surface area contributed by atoms with Crippen LogP contribution in [0.15, 0.2) is 176 Å². The Morgan fingerprint density at radius 1 is 0.429 bits per heavy atom. The maximum atomic E-state index is 15.5. The zero-order valence-electron chi connectivity index (χ0n) is 26.5. The maximum Gasteiger partial charge on any atom is 0.175 e. The van der Waals surface area contributed by atoms with Crippen molar-refractivity contribution >= 4 is 55.6 Å². The second-order valence-electron chi connectivity index (χ2n) is 12.8. The number of rotatable bonds is 4. The minimum Gasteiger partial charge on any atom is -0.308 e. The lowest BCUT2D eigenvalue weighted by Gasteiger charge is -2.29. The van der Waals surface area contributed by atoms with Gasteiger partial charge in [-0.25, -0.2) is 4.98 Å². The summed E-state index contributed by atoms with van der Waals surface area (Å²) in [5, 5.41) is 7.33. The Morgan fingerprint density at radius 3 is 1.65 bits per heavy atom. The molecule has 0 amide bonds. The highest BCUT2D eigenvalue weighted by molar-refractivity contribution is 7.86. The van der Waals surface area contributed by atoms with Gasteiger partial charge in [0.2, 0.25) is 0 Å². The highest BCUT2D eigenvalue weighted by atomic mass is 31.2. The van der Waals surface area contributed by atoms with E-state index in [4.69, 9.17) is 4.98 Å². The van der Waals surface area contributed by atoms with E-state index in [1.54, 1.807) is 0 Å². The van der Waals surface area contributed by atoms with Crippen molar-refractivity contribution in [2.75, 3.05) is 0 Å². The molecule has 1 unspecified atom stereocenters. The van der Waals surface area contributed by atoms with Crippen LogP contribution in [0.5, 0.6) is 0 Å². The van der Waals surface area contributed by atoms with Gasteiger partial charge in [-0.05, 0) is 98.4 Å². The largest absolute Gasteiger partial charge is 0.308 e. The van der Waals surface area contributed by atoms with Crippen molar-refractivity contribution in [1.29, 1.82) is 0 Å². The van der Waals surface area contributed by atoms with Crippen LogP contribution in [0.2, 0.25) is 0 Å². The van der Waals surface area contributed by atoms with Gasteiger partial charge in [-0.3, -0.25) is 4.57 Å². The third kappa shape index (κ3) is 4.30. The fourth-order valence-corrected chi connectivity index (χ4v) is 10.6. The van der Waals surface area contributed by atoms with Crippen molar-refractivity contribution in [3.05, 3.63) is 176 Å². The van der Waals surface area contributed by atoms with Gasteiger partial charge in [0, 0.05) is 21.5 Å². The van der Waals surface area contributed by atoms with E-state index in [2.05, 4.69) is 114 Å². The second-order valence-corrected chi connectivity index (χ2v) is 15.5. The molecular formula is C45H29N2OP. The van der Waals surface area contributed by atoms with Crippen LogP contribution >= 0.6 is 7.14 Å². The van der Waals surface area contributed by atoms with Gasteiger partial charge >= 0.3 is 0 Å². The number of benzene rings is 8. The molecule has 0 saturated heterocycles. The van der Waals surface area contributed by atoms with Crippen LogP contribution in [0, 0.1) is 0 Å². The third-order valence-corrected chi connectivity index (χ3v) is 13.1. The van der Waals surface area contributed by atoms with E-state index in [1.165, 1.54) is 21.5 Å². The maximum absolute atomic E-state index is 15.5. The molecule has 0 aliphatic carbocycles. The van der Waals surface area contributed by atoms with Crippen molar-refractivity contribution < 1.29 is 4.57 Å². The number of aromatic nitrogens is 2. The molecule has 3 nitrogen and oxygen atoms in total. The molecule has 2 heterocycles. The van der Waals surface area contributed by atoms with E-state index in [0.717, 1.165) is 66.3 Å². The van der Waals surface area contributed by atoms with Gasteiger partial charge in [-0.2, -0.15) is 0 Å². The topological polar surface area (TPSA) is 34.9 Å². The number of hydrogen-bond donors (Lipinski definition) is 0. The summed E-state index contributed by atoms with van der Waals surface area (Å²) in [4.78, 5) is 5.32. The van der Waals surface area contributed by atoms with Crippen LogP contribution in [0.3, 0.4) is 0 Å². The van der Waals surface area contributed by atoms with Crippen LogP contribution in [0.25, 0.3) is 71.9 Å². The van der Waals surface area contributed by atoms with E-state index < -0.39 is 7.14 Å². The average Bonchev–Trinajstić information content (AvgIpc) is 3.57. The lowest BCUT2D eigenvalue weighted by atomic mass is 9.93. The van der Waals surface area contributed by atoms with Crippen molar-refractivity contribution in [3.8, 4) is 39.3 Å². The summed E-state index contributed by atoms with van der Waals surface area (Å²) in [5.41, 5.74) is 8.18. The van der Waals surface area contributed by atoms with Crippen LogP contribution in [-0.2, 0) is 4.57 Å². The molecule has 1 aromatic heterocycles. The first-order valence-electron chi connectivity index (χ1n) is 16.6. The number of para-hydroxylation sites is 2. The molecule has 9 aromatic rings. The van der Waals surface area contributed by atoms with Gasteiger partial charge in [0.05, 0.1) is 16.7 Å².